The van der Waals surface area contributed by atoms with Crippen molar-refractivity contribution in [1.29, 1.82) is 0 Å². The minimum Gasteiger partial charge on any atom is -0.453 e. The third-order valence-electron chi connectivity index (χ3n) is 4.40. The fraction of sp³-hybridized carbons (Fsp3) is 0.421. The second-order valence-electron chi connectivity index (χ2n) is 6.49. The number of hydrogen-bond acceptors (Lipinski definition) is 6. The fourth-order valence-electron chi connectivity index (χ4n) is 2.97. The second kappa shape index (κ2) is 8.25. The Bertz CT molecular complexity index is 723. The maximum atomic E-state index is 12.5. The molecule has 1 aromatic heterocycles. The third kappa shape index (κ3) is 4.56. The van der Waals surface area contributed by atoms with E-state index in [2.05, 4.69) is 9.97 Å². The van der Waals surface area contributed by atoms with E-state index < -0.39 is 5.60 Å². The highest BCUT2D eigenvalue weighted by atomic mass is 16.5. The van der Waals surface area contributed by atoms with Gasteiger partial charge in [0.1, 0.15) is 5.60 Å². The summed E-state index contributed by atoms with van der Waals surface area (Å²) in [5.74, 6) is -0.178. The molecule has 0 radical (unpaired) electrons. The fourth-order valence-corrected chi connectivity index (χ4v) is 2.97. The highest BCUT2D eigenvalue weighted by molar-refractivity contribution is 5.77. The number of carbonyl (C=O) groups is 1. The van der Waals surface area contributed by atoms with Crippen molar-refractivity contribution in [3.63, 3.8) is 0 Å². The lowest BCUT2D eigenvalue weighted by Gasteiger charge is -2.41. The molecule has 0 saturated carbocycles. The van der Waals surface area contributed by atoms with Gasteiger partial charge in [-0.3, -0.25) is 4.79 Å². The number of aliphatic hydroxyl groups excluding tert-OH is 1. The Kier molecular flexibility index (Phi) is 5.80. The molecule has 0 spiro atoms. The number of hydrogen-bond donors (Lipinski definition) is 1. The lowest BCUT2D eigenvalue weighted by molar-refractivity contribution is -0.159. The first kappa shape index (κ1) is 18.3. The molecular weight excluding hydrogens is 334 g/mol. The van der Waals surface area contributed by atoms with Gasteiger partial charge in [-0.05, 0) is 18.6 Å². The zero-order valence-electron chi connectivity index (χ0n) is 14.8. The number of aromatic nitrogens is 2. The quantitative estimate of drug-likeness (QED) is 0.830. The van der Waals surface area contributed by atoms with Crippen molar-refractivity contribution < 1.29 is 19.4 Å². The zero-order chi connectivity index (χ0) is 18.4. The van der Waals surface area contributed by atoms with Gasteiger partial charge >= 0.3 is 6.01 Å². The van der Waals surface area contributed by atoms with E-state index in [9.17, 15) is 9.90 Å². The van der Waals surface area contributed by atoms with Crippen LogP contribution in [-0.4, -0.2) is 64.4 Å². The molecule has 7 nitrogen and oxygen atoms in total. The van der Waals surface area contributed by atoms with Gasteiger partial charge in [0.05, 0.1) is 19.8 Å². The molecule has 0 unspecified atom stereocenters. The van der Waals surface area contributed by atoms with Gasteiger partial charge in [-0.2, -0.15) is 0 Å². The molecule has 3 rings (SSSR count). The molecule has 2 aromatic rings. The van der Waals surface area contributed by atoms with E-state index in [0.717, 1.165) is 5.56 Å². The van der Waals surface area contributed by atoms with E-state index in [-0.39, 0.29) is 25.1 Å². The molecule has 1 aliphatic rings. The largest absolute Gasteiger partial charge is 0.453 e. The Morgan fingerprint density at radius 3 is 2.73 bits per heavy atom. The minimum atomic E-state index is -0.799. The van der Waals surface area contributed by atoms with Crippen LogP contribution in [0.2, 0.25) is 0 Å². The Hall–Kier alpha value is -2.51. The number of nitrogens with zero attached hydrogens (tertiary/aromatic N) is 3. The van der Waals surface area contributed by atoms with E-state index >= 15 is 0 Å². The molecule has 1 aliphatic heterocycles. The van der Waals surface area contributed by atoms with Crippen molar-refractivity contribution in [2.24, 2.45) is 0 Å². The van der Waals surface area contributed by atoms with Gasteiger partial charge in [-0.15, -0.1) is 0 Å². The summed E-state index contributed by atoms with van der Waals surface area (Å²) in [6.45, 7) is 2.88. The Morgan fingerprint density at radius 1 is 1.31 bits per heavy atom. The molecular formula is C19H23N3O4. The summed E-state index contributed by atoms with van der Waals surface area (Å²) in [5.41, 5.74) is 1.44. The first-order valence-electron chi connectivity index (χ1n) is 8.58. The Labute approximate surface area is 152 Å². The van der Waals surface area contributed by atoms with Crippen LogP contribution in [-0.2, 0) is 16.0 Å². The number of aliphatic hydroxyl groups is 1. The van der Waals surface area contributed by atoms with E-state index in [1.165, 1.54) is 5.56 Å². The van der Waals surface area contributed by atoms with Gasteiger partial charge < -0.3 is 19.5 Å². The maximum absolute atomic E-state index is 12.5. The van der Waals surface area contributed by atoms with Crippen LogP contribution in [0.1, 0.15) is 11.1 Å². The zero-order valence-corrected chi connectivity index (χ0v) is 14.8. The van der Waals surface area contributed by atoms with E-state index in [0.29, 0.717) is 26.1 Å². The molecule has 1 atom stereocenters. The molecule has 138 valence electrons. The van der Waals surface area contributed by atoms with Crippen LogP contribution in [0.15, 0.2) is 42.7 Å². The highest BCUT2D eigenvalue weighted by Crippen LogP contribution is 2.23. The molecule has 2 heterocycles. The topological polar surface area (TPSA) is 84.8 Å². The standard InChI is InChI=1S/C19H23N3O4/c1-15-3-5-16(6-4-15)11-19(14-23)13-22(9-10-26-19)17(24)12-25-18-20-7-2-8-21-18/h2-8,23H,9-14H2,1H3/t19-/m1/s1. The van der Waals surface area contributed by atoms with Gasteiger partial charge in [-0.25, -0.2) is 9.97 Å². The van der Waals surface area contributed by atoms with Crippen molar-refractivity contribution >= 4 is 5.91 Å². The van der Waals surface area contributed by atoms with Crippen LogP contribution in [0.25, 0.3) is 0 Å². The molecule has 1 fully saturated rings. The van der Waals surface area contributed by atoms with Gasteiger partial charge in [0.15, 0.2) is 6.61 Å². The number of morpholine rings is 1. The summed E-state index contributed by atoms with van der Waals surface area (Å²) in [7, 11) is 0. The first-order valence-corrected chi connectivity index (χ1v) is 8.58. The third-order valence-corrected chi connectivity index (χ3v) is 4.40. The van der Waals surface area contributed by atoms with Gasteiger partial charge in [0.2, 0.25) is 0 Å². The predicted molar refractivity (Wildman–Crippen MR) is 94.8 cm³/mol. The molecule has 26 heavy (non-hydrogen) atoms. The van der Waals surface area contributed by atoms with E-state index in [4.69, 9.17) is 9.47 Å². The average molecular weight is 357 g/mol. The lowest BCUT2D eigenvalue weighted by atomic mass is 9.92. The number of rotatable bonds is 6. The van der Waals surface area contributed by atoms with Crippen LogP contribution < -0.4 is 4.74 Å². The normalized spacial score (nSPS) is 20.0. The van der Waals surface area contributed by atoms with Crippen LogP contribution in [0.4, 0.5) is 0 Å². The smallest absolute Gasteiger partial charge is 0.316 e. The summed E-state index contributed by atoms with van der Waals surface area (Å²) in [4.78, 5) is 22.0. The summed E-state index contributed by atoms with van der Waals surface area (Å²) in [6.07, 6.45) is 3.65. The van der Waals surface area contributed by atoms with Crippen LogP contribution in [0.3, 0.4) is 0 Å². The lowest BCUT2D eigenvalue weighted by Crippen LogP contribution is -2.57. The minimum absolute atomic E-state index is 0.143. The van der Waals surface area contributed by atoms with Gasteiger partial charge in [-0.1, -0.05) is 29.8 Å². The first-order chi connectivity index (χ1) is 12.6. The summed E-state index contributed by atoms with van der Waals surface area (Å²) in [6, 6.07) is 9.94. The van der Waals surface area contributed by atoms with Crippen molar-refractivity contribution in [2.45, 2.75) is 18.9 Å². The molecule has 0 aliphatic carbocycles. The van der Waals surface area contributed by atoms with Crippen molar-refractivity contribution in [3.8, 4) is 6.01 Å². The maximum Gasteiger partial charge on any atom is 0.316 e. The van der Waals surface area contributed by atoms with Crippen molar-refractivity contribution in [3.05, 3.63) is 53.9 Å². The molecule has 1 N–H and O–H groups in total. The molecule has 1 saturated heterocycles. The van der Waals surface area contributed by atoms with Crippen molar-refractivity contribution in [1.82, 2.24) is 14.9 Å². The molecule has 7 heteroatoms. The average Bonchev–Trinajstić information content (AvgIpc) is 2.69. The van der Waals surface area contributed by atoms with Gasteiger partial charge in [0, 0.05) is 25.4 Å². The second-order valence-corrected chi connectivity index (χ2v) is 6.49. The summed E-state index contributed by atoms with van der Waals surface area (Å²) < 4.78 is 11.2. The van der Waals surface area contributed by atoms with E-state index in [1.54, 1.807) is 23.4 Å². The Morgan fingerprint density at radius 2 is 2.04 bits per heavy atom. The van der Waals surface area contributed by atoms with Crippen LogP contribution in [0.5, 0.6) is 6.01 Å². The highest BCUT2D eigenvalue weighted by Gasteiger charge is 2.38. The monoisotopic (exact) mass is 357 g/mol. The number of carbonyl (C=O) groups excluding carboxylic acids is 1. The SMILES string of the molecule is Cc1ccc(C[C@]2(CO)CN(C(=O)COc3ncccn3)CCO2)cc1. The van der Waals surface area contributed by atoms with Gasteiger partial charge in [0.25, 0.3) is 5.91 Å². The number of amides is 1. The molecule has 1 aromatic carbocycles. The van der Waals surface area contributed by atoms with Crippen molar-refractivity contribution in [2.75, 3.05) is 32.9 Å². The summed E-state index contributed by atoms with van der Waals surface area (Å²) in [5, 5.41) is 9.95. The van der Waals surface area contributed by atoms with Crippen LogP contribution >= 0.6 is 0 Å². The predicted octanol–water partition coefficient (Wildman–Crippen LogP) is 0.996. The number of ether oxygens (including phenoxy) is 2. The number of benzene rings is 1. The summed E-state index contributed by atoms with van der Waals surface area (Å²) >= 11 is 0. The van der Waals surface area contributed by atoms with E-state index in [1.807, 2.05) is 31.2 Å². The molecule has 1 amide bonds. The Balaban J connectivity index is 1.62. The number of aryl methyl sites for hydroxylation is 1. The molecule has 0 bridgehead atoms. The van der Waals surface area contributed by atoms with Crippen LogP contribution in [0, 0.1) is 6.92 Å².